The molecule has 0 saturated carbocycles. The normalized spacial score (nSPS) is 11.1. The summed E-state index contributed by atoms with van der Waals surface area (Å²) in [6.07, 6.45) is 3.04. The maximum absolute atomic E-state index is 4.08. The molecule has 0 atom stereocenters. The Morgan fingerprint density at radius 2 is 2.00 bits per heavy atom. The molecule has 1 aromatic carbocycles. The van der Waals surface area contributed by atoms with Crippen LogP contribution in [0.5, 0.6) is 0 Å². The first kappa shape index (κ1) is 9.97. The van der Waals surface area contributed by atoms with E-state index in [1.165, 1.54) is 22.3 Å². The molecule has 0 fully saturated rings. The summed E-state index contributed by atoms with van der Waals surface area (Å²) in [5, 5.41) is 0. The zero-order valence-electron chi connectivity index (χ0n) is 8.89. The zero-order valence-corrected chi connectivity index (χ0v) is 8.89. The zero-order chi connectivity index (χ0) is 9.84. The summed E-state index contributed by atoms with van der Waals surface area (Å²) in [6, 6.07) is 4.38. The summed E-state index contributed by atoms with van der Waals surface area (Å²) in [4.78, 5) is 4.08. The minimum atomic E-state index is 1.09. The van der Waals surface area contributed by atoms with Crippen molar-refractivity contribution in [2.75, 3.05) is 7.05 Å². The number of hydrogen-bond acceptors (Lipinski definition) is 1. The average molecular weight is 175 g/mol. The lowest BCUT2D eigenvalue weighted by Gasteiger charge is -2.09. The van der Waals surface area contributed by atoms with E-state index >= 15 is 0 Å². The highest BCUT2D eigenvalue weighted by atomic mass is 14.6. The van der Waals surface area contributed by atoms with Crippen LogP contribution in [-0.4, -0.2) is 13.3 Å². The van der Waals surface area contributed by atoms with Crippen LogP contribution in [0, 0.1) is 13.8 Å². The lowest BCUT2D eigenvalue weighted by molar-refractivity contribution is 1.10. The fraction of sp³-hybridized carbons (Fsp3) is 0.417. The smallest absolute Gasteiger partial charge is 0.0286 e. The molecular weight excluding hydrogens is 158 g/mol. The molecule has 1 heteroatoms. The van der Waals surface area contributed by atoms with Crippen LogP contribution >= 0.6 is 0 Å². The van der Waals surface area contributed by atoms with E-state index in [1.807, 2.05) is 13.3 Å². The Morgan fingerprint density at radius 3 is 2.54 bits per heavy atom. The van der Waals surface area contributed by atoms with Gasteiger partial charge < -0.3 is 0 Å². The number of rotatable bonds is 2. The maximum atomic E-state index is 4.08. The molecule has 0 N–H and O–H groups in total. The number of nitrogens with zero attached hydrogens (tertiary/aromatic N) is 1. The molecule has 0 aliphatic heterocycles. The van der Waals surface area contributed by atoms with Crippen LogP contribution < -0.4 is 0 Å². The SMILES string of the molecule is CCc1ccc(C)c(C=NC)c1C. The van der Waals surface area contributed by atoms with E-state index in [1.54, 1.807) is 0 Å². The van der Waals surface area contributed by atoms with Gasteiger partial charge in [-0.3, -0.25) is 4.99 Å². The third-order valence-corrected chi connectivity index (χ3v) is 2.48. The molecule has 1 nitrogen and oxygen atoms in total. The number of hydrogen-bond donors (Lipinski definition) is 0. The lowest BCUT2D eigenvalue weighted by Crippen LogP contribution is -1.96. The van der Waals surface area contributed by atoms with E-state index in [2.05, 4.69) is 37.9 Å². The van der Waals surface area contributed by atoms with Gasteiger partial charge >= 0.3 is 0 Å². The molecule has 1 aromatic rings. The molecule has 0 radical (unpaired) electrons. The second-order valence-corrected chi connectivity index (χ2v) is 3.32. The predicted octanol–water partition coefficient (Wildman–Crippen LogP) is 2.91. The summed E-state index contributed by atoms with van der Waals surface area (Å²) in [5.41, 5.74) is 5.37. The fourth-order valence-corrected chi connectivity index (χ4v) is 1.62. The Labute approximate surface area is 80.5 Å². The first-order valence-electron chi connectivity index (χ1n) is 4.72. The molecule has 0 unspecified atom stereocenters. The van der Waals surface area contributed by atoms with Crippen molar-refractivity contribution in [3.8, 4) is 0 Å². The monoisotopic (exact) mass is 175 g/mol. The Hall–Kier alpha value is -1.11. The summed E-state index contributed by atoms with van der Waals surface area (Å²) in [6.45, 7) is 6.48. The van der Waals surface area contributed by atoms with Gasteiger partial charge in [0.25, 0.3) is 0 Å². The number of aliphatic imine (C=N–C) groups is 1. The quantitative estimate of drug-likeness (QED) is 0.613. The van der Waals surface area contributed by atoms with Gasteiger partial charge in [0.2, 0.25) is 0 Å². The van der Waals surface area contributed by atoms with Crippen molar-refractivity contribution in [2.45, 2.75) is 27.2 Å². The Morgan fingerprint density at radius 1 is 1.31 bits per heavy atom. The second-order valence-electron chi connectivity index (χ2n) is 3.32. The predicted molar refractivity (Wildman–Crippen MR) is 58.8 cm³/mol. The molecule has 0 saturated heterocycles. The minimum absolute atomic E-state index is 1.09. The Bertz CT molecular complexity index is 324. The van der Waals surface area contributed by atoms with Crippen LogP contribution in [0.2, 0.25) is 0 Å². The third-order valence-electron chi connectivity index (χ3n) is 2.48. The van der Waals surface area contributed by atoms with Gasteiger partial charge in [0.15, 0.2) is 0 Å². The average Bonchev–Trinajstić information content (AvgIpc) is 2.12. The van der Waals surface area contributed by atoms with Crippen LogP contribution in [0.1, 0.15) is 29.2 Å². The van der Waals surface area contributed by atoms with Crippen molar-refractivity contribution < 1.29 is 0 Å². The summed E-state index contributed by atoms with van der Waals surface area (Å²) in [7, 11) is 1.82. The van der Waals surface area contributed by atoms with Crippen molar-refractivity contribution in [1.29, 1.82) is 0 Å². The number of benzene rings is 1. The van der Waals surface area contributed by atoms with Crippen molar-refractivity contribution in [3.05, 3.63) is 34.4 Å². The van der Waals surface area contributed by atoms with Crippen molar-refractivity contribution in [1.82, 2.24) is 0 Å². The van der Waals surface area contributed by atoms with Crippen LogP contribution in [0.25, 0.3) is 0 Å². The molecule has 13 heavy (non-hydrogen) atoms. The molecule has 1 rings (SSSR count). The molecule has 0 aromatic heterocycles. The maximum Gasteiger partial charge on any atom is 0.0286 e. The van der Waals surface area contributed by atoms with Crippen LogP contribution in [0.3, 0.4) is 0 Å². The highest BCUT2D eigenvalue weighted by Crippen LogP contribution is 2.16. The van der Waals surface area contributed by atoms with Crippen molar-refractivity contribution >= 4 is 6.21 Å². The molecule has 0 amide bonds. The van der Waals surface area contributed by atoms with Crippen LogP contribution in [0.15, 0.2) is 17.1 Å². The summed E-state index contributed by atoms with van der Waals surface area (Å²) in [5.74, 6) is 0. The van der Waals surface area contributed by atoms with Gasteiger partial charge in [-0.1, -0.05) is 19.1 Å². The van der Waals surface area contributed by atoms with Gasteiger partial charge in [-0.15, -0.1) is 0 Å². The van der Waals surface area contributed by atoms with Gasteiger partial charge in [-0.25, -0.2) is 0 Å². The van der Waals surface area contributed by atoms with Crippen molar-refractivity contribution in [3.63, 3.8) is 0 Å². The van der Waals surface area contributed by atoms with E-state index in [4.69, 9.17) is 0 Å². The van der Waals surface area contributed by atoms with Crippen LogP contribution in [-0.2, 0) is 6.42 Å². The Kier molecular flexibility index (Phi) is 3.24. The highest BCUT2D eigenvalue weighted by molar-refractivity contribution is 5.84. The lowest BCUT2D eigenvalue weighted by atomic mass is 9.97. The largest absolute Gasteiger partial charge is 0.296 e. The molecule has 0 bridgehead atoms. The second kappa shape index (κ2) is 4.22. The molecule has 0 aliphatic carbocycles. The van der Waals surface area contributed by atoms with Gasteiger partial charge in [0, 0.05) is 13.3 Å². The van der Waals surface area contributed by atoms with E-state index in [-0.39, 0.29) is 0 Å². The minimum Gasteiger partial charge on any atom is -0.296 e. The molecule has 0 heterocycles. The molecule has 70 valence electrons. The van der Waals surface area contributed by atoms with Gasteiger partial charge in [0.1, 0.15) is 0 Å². The van der Waals surface area contributed by atoms with Crippen LogP contribution in [0.4, 0.5) is 0 Å². The summed E-state index contributed by atoms with van der Waals surface area (Å²) >= 11 is 0. The van der Waals surface area contributed by atoms with Crippen molar-refractivity contribution in [2.24, 2.45) is 4.99 Å². The first-order chi connectivity index (χ1) is 6.20. The summed E-state index contributed by atoms with van der Waals surface area (Å²) < 4.78 is 0. The topological polar surface area (TPSA) is 12.4 Å². The standard InChI is InChI=1S/C12H17N/c1-5-11-7-6-9(2)12(8-13-4)10(11)3/h6-8H,5H2,1-4H3. The van der Waals surface area contributed by atoms with Gasteiger partial charge in [-0.2, -0.15) is 0 Å². The van der Waals surface area contributed by atoms with E-state index in [9.17, 15) is 0 Å². The molecule has 0 aliphatic rings. The third kappa shape index (κ3) is 1.97. The highest BCUT2D eigenvalue weighted by Gasteiger charge is 2.03. The van der Waals surface area contributed by atoms with E-state index < -0.39 is 0 Å². The van der Waals surface area contributed by atoms with E-state index in [0.717, 1.165) is 6.42 Å². The van der Waals surface area contributed by atoms with Gasteiger partial charge in [-0.05, 0) is 42.5 Å². The van der Waals surface area contributed by atoms with Gasteiger partial charge in [0.05, 0.1) is 0 Å². The first-order valence-corrected chi connectivity index (χ1v) is 4.72. The molecular formula is C12H17N. The number of aryl methyl sites for hydroxylation is 2. The van der Waals surface area contributed by atoms with E-state index in [0.29, 0.717) is 0 Å². The molecule has 0 spiro atoms. The Balaban J connectivity index is 3.29. The fourth-order valence-electron chi connectivity index (χ4n) is 1.62.